The van der Waals surface area contributed by atoms with Gasteiger partial charge in [0.15, 0.2) is 0 Å². The third-order valence-electron chi connectivity index (χ3n) is 3.64. The summed E-state index contributed by atoms with van der Waals surface area (Å²) in [6.07, 6.45) is 0.896. The zero-order valence-corrected chi connectivity index (χ0v) is 14.0. The Morgan fingerprint density at radius 3 is 2.42 bits per heavy atom. The highest BCUT2D eigenvalue weighted by atomic mass is 16.3. The second kappa shape index (κ2) is 8.15. The Balaban J connectivity index is 2.15. The van der Waals surface area contributed by atoms with E-state index in [-0.39, 0.29) is 17.6 Å². The third kappa shape index (κ3) is 4.35. The van der Waals surface area contributed by atoms with Gasteiger partial charge in [0, 0.05) is 29.9 Å². The summed E-state index contributed by atoms with van der Waals surface area (Å²) in [6.45, 7) is 5.32. The average Bonchev–Trinajstić information content (AvgIpc) is 2.59. The van der Waals surface area contributed by atoms with Crippen molar-refractivity contribution in [1.29, 1.82) is 0 Å². The van der Waals surface area contributed by atoms with Crippen LogP contribution in [0.5, 0.6) is 5.75 Å². The minimum atomic E-state index is -0.337. The van der Waals surface area contributed by atoms with E-state index in [1.807, 2.05) is 13.8 Å². The zero-order valence-electron chi connectivity index (χ0n) is 14.0. The van der Waals surface area contributed by atoms with E-state index in [9.17, 15) is 14.7 Å². The second-order valence-electron chi connectivity index (χ2n) is 5.47. The molecule has 0 radical (unpaired) electrons. The number of carbonyl (C=O) groups excluding carboxylic acids is 2. The number of anilines is 1. The van der Waals surface area contributed by atoms with Crippen molar-refractivity contribution in [3.05, 3.63) is 59.7 Å². The highest BCUT2D eigenvalue weighted by molar-refractivity contribution is 6.05. The van der Waals surface area contributed by atoms with E-state index in [0.717, 1.165) is 6.42 Å². The van der Waals surface area contributed by atoms with Crippen molar-refractivity contribution in [2.24, 2.45) is 0 Å². The third-order valence-corrected chi connectivity index (χ3v) is 3.64. The lowest BCUT2D eigenvalue weighted by Crippen LogP contribution is -2.31. The average molecular weight is 326 g/mol. The molecule has 0 bridgehead atoms. The van der Waals surface area contributed by atoms with Crippen LogP contribution in [0.4, 0.5) is 5.69 Å². The maximum Gasteiger partial charge on any atom is 0.255 e. The largest absolute Gasteiger partial charge is 0.508 e. The highest BCUT2D eigenvalue weighted by Crippen LogP contribution is 2.16. The lowest BCUT2D eigenvalue weighted by Gasteiger charge is -2.20. The van der Waals surface area contributed by atoms with Crippen LogP contribution >= 0.6 is 0 Å². The van der Waals surface area contributed by atoms with Crippen molar-refractivity contribution < 1.29 is 14.7 Å². The van der Waals surface area contributed by atoms with E-state index in [0.29, 0.717) is 29.9 Å². The summed E-state index contributed by atoms with van der Waals surface area (Å²) >= 11 is 0. The Labute approximate surface area is 141 Å². The number of phenols is 1. The summed E-state index contributed by atoms with van der Waals surface area (Å²) in [5, 5.41) is 12.2. The van der Waals surface area contributed by atoms with Crippen LogP contribution in [0, 0.1) is 0 Å². The molecule has 2 amide bonds. The minimum Gasteiger partial charge on any atom is -0.508 e. The molecule has 0 saturated heterocycles. The molecule has 0 aliphatic heterocycles. The number of hydrogen-bond acceptors (Lipinski definition) is 3. The van der Waals surface area contributed by atoms with Crippen LogP contribution in [0.25, 0.3) is 0 Å². The van der Waals surface area contributed by atoms with Crippen LogP contribution in [0.15, 0.2) is 48.5 Å². The number of amides is 2. The van der Waals surface area contributed by atoms with Crippen LogP contribution in [0.1, 0.15) is 41.0 Å². The topological polar surface area (TPSA) is 69.6 Å². The van der Waals surface area contributed by atoms with Crippen molar-refractivity contribution in [3.63, 3.8) is 0 Å². The molecule has 0 saturated carbocycles. The van der Waals surface area contributed by atoms with E-state index in [4.69, 9.17) is 0 Å². The molecule has 24 heavy (non-hydrogen) atoms. The van der Waals surface area contributed by atoms with Crippen LogP contribution in [-0.4, -0.2) is 34.9 Å². The Morgan fingerprint density at radius 1 is 1.04 bits per heavy atom. The van der Waals surface area contributed by atoms with Gasteiger partial charge in [0.05, 0.1) is 0 Å². The molecule has 0 fully saturated rings. The van der Waals surface area contributed by atoms with Crippen molar-refractivity contribution >= 4 is 17.5 Å². The molecule has 5 nitrogen and oxygen atoms in total. The fourth-order valence-electron chi connectivity index (χ4n) is 2.44. The van der Waals surface area contributed by atoms with Crippen molar-refractivity contribution in [2.75, 3.05) is 18.4 Å². The number of phenolic OH excluding ortho intramolecular Hbond substituents is 1. The number of aromatic hydroxyl groups is 1. The predicted molar refractivity (Wildman–Crippen MR) is 94.4 cm³/mol. The molecular weight excluding hydrogens is 304 g/mol. The molecule has 0 heterocycles. The van der Waals surface area contributed by atoms with E-state index >= 15 is 0 Å². The first kappa shape index (κ1) is 17.5. The number of rotatable bonds is 6. The smallest absolute Gasteiger partial charge is 0.255 e. The van der Waals surface area contributed by atoms with Gasteiger partial charge in [-0.3, -0.25) is 9.59 Å². The van der Waals surface area contributed by atoms with Gasteiger partial charge < -0.3 is 15.3 Å². The lowest BCUT2D eigenvalue weighted by atomic mass is 10.1. The van der Waals surface area contributed by atoms with Crippen LogP contribution in [0.3, 0.4) is 0 Å². The van der Waals surface area contributed by atoms with Gasteiger partial charge in [-0.15, -0.1) is 0 Å². The standard InChI is InChI=1S/C19H22N2O3/c1-3-11-21(4-2)19(24)15-8-5-9-16(12-15)20-18(23)14-7-6-10-17(22)13-14/h5-10,12-13,22H,3-4,11H2,1-2H3,(H,20,23). The van der Waals surface area contributed by atoms with E-state index < -0.39 is 0 Å². The Hall–Kier alpha value is -2.82. The van der Waals surface area contributed by atoms with Gasteiger partial charge in [-0.05, 0) is 49.7 Å². The quantitative estimate of drug-likeness (QED) is 0.853. The summed E-state index contributed by atoms with van der Waals surface area (Å²) in [4.78, 5) is 26.5. The van der Waals surface area contributed by atoms with Gasteiger partial charge in [0.1, 0.15) is 5.75 Å². The molecule has 0 unspecified atom stereocenters. The maximum atomic E-state index is 12.5. The number of benzene rings is 2. The molecule has 2 aromatic rings. The van der Waals surface area contributed by atoms with E-state index in [2.05, 4.69) is 5.32 Å². The molecule has 2 aromatic carbocycles. The van der Waals surface area contributed by atoms with Crippen LogP contribution in [-0.2, 0) is 0 Å². The summed E-state index contributed by atoms with van der Waals surface area (Å²) < 4.78 is 0. The van der Waals surface area contributed by atoms with Gasteiger partial charge in [0.25, 0.3) is 11.8 Å². The molecule has 0 spiro atoms. The van der Waals surface area contributed by atoms with Gasteiger partial charge in [-0.2, -0.15) is 0 Å². The molecular formula is C19H22N2O3. The fraction of sp³-hybridized carbons (Fsp3) is 0.263. The molecule has 0 aliphatic rings. The molecule has 2 rings (SSSR count). The number of nitrogens with zero attached hydrogens (tertiary/aromatic N) is 1. The number of carbonyl (C=O) groups is 2. The fourth-order valence-corrected chi connectivity index (χ4v) is 2.44. The normalized spacial score (nSPS) is 10.2. The SMILES string of the molecule is CCCN(CC)C(=O)c1cccc(NC(=O)c2cccc(O)c2)c1. The molecule has 0 aliphatic carbocycles. The monoisotopic (exact) mass is 326 g/mol. The summed E-state index contributed by atoms with van der Waals surface area (Å²) in [6, 6.07) is 13.0. The van der Waals surface area contributed by atoms with E-state index in [1.54, 1.807) is 41.3 Å². The lowest BCUT2D eigenvalue weighted by molar-refractivity contribution is 0.0764. The van der Waals surface area contributed by atoms with Gasteiger partial charge in [-0.1, -0.05) is 19.1 Å². The predicted octanol–water partition coefficient (Wildman–Crippen LogP) is 3.52. The molecule has 2 N–H and O–H groups in total. The summed E-state index contributed by atoms with van der Waals surface area (Å²) in [7, 11) is 0. The molecule has 0 aromatic heterocycles. The van der Waals surface area contributed by atoms with Gasteiger partial charge in [0.2, 0.25) is 0 Å². The number of nitrogens with one attached hydrogen (secondary N) is 1. The van der Waals surface area contributed by atoms with Crippen LogP contribution < -0.4 is 5.32 Å². The molecule has 0 atom stereocenters. The highest BCUT2D eigenvalue weighted by Gasteiger charge is 2.14. The zero-order chi connectivity index (χ0) is 17.5. The first-order chi connectivity index (χ1) is 11.5. The minimum absolute atomic E-state index is 0.0322. The second-order valence-corrected chi connectivity index (χ2v) is 5.47. The molecule has 5 heteroatoms. The first-order valence-electron chi connectivity index (χ1n) is 8.04. The Kier molecular flexibility index (Phi) is 5.95. The van der Waals surface area contributed by atoms with Gasteiger partial charge >= 0.3 is 0 Å². The maximum absolute atomic E-state index is 12.5. The van der Waals surface area contributed by atoms with Gasteiger partial charge in [-0.25, -0.2) is 0 Å². The van der Waals surface area contributed by atoms with Crippen LogP contribution in [0.2, 0.25) is 0 Å². The van der Waals surface area contributed by atoms with Crippen molar-refractivity contribution in [1.82, 2.24) is 4.90 Å². The summed E-state index contributed by atoms with van der Waals surface area (Å²) in [5.41, 5.74) is 1.44. The van der Waals surface area contributed by atoms with Crippen molar-refractivity contribution in [2.45, 2.75) is 20.3 Å². The van der Waals surface area contributed by atoms with E-state index in [1.165, 1.54) is 12.1 Å². The first-order valence-corrected chi connectivity index (χ1v) is 8.04. The molecule has 126 valence electrons. The van der Waals surface area contributed by atoms with Crippen molar-refractivity contribution in [3.8, 4) is 5.75 Å². The Morgan fingerprint density at radius 2 is 1.75 bits per heavy atom. The number of hydrogen-bond donors (Lipinski definition) is 2. The summed E-state index contributed by atoms with van der Waals surface area (Å²) in [5.74, 6) is -0.353. The Bertz CT molecular complexity index is 728.